The fourth-order valence-electron chi connectivity index (χ4n) is 2.45. The number of rotatable bonds is 6. The first-order chi connectivity index (χ1) is 12.0. The van der Waals surface area contributed by atoms with Crippen LogP contribution in [0.25, 0.3) is 5.65 Å². The van der Waals surface area contributed by atoms with Crippen LogP contribution in [0, 0.1) is 6.92 Å². The zero-order valence-electron chi connectivity index (χ0n) is 14.7. The predicted octanol–water partition coefficient (Wildman–Crippen LogP) is 3.92. The first-order valence-corrected chi connectivity index (χ1v) is 8.33. The Morgan fingerprint density at radius 3 is 2.56 bits per heavy atom. The second-order valence-electron chi connectivity index (χ2n) is 6.34. The standard InChI is InChI=1S/C20H22N2O3/c1-14(2)24-12-16-5-7-17(8-6-16)20(23)25-13-18-11-22-10-15(3)4-9-19(22)21-18/h4-11,14H,12-13H2,1-3H3. The molecule has 3 aromatic rings. The van der Waals surface area contributed by atoms with Crippen LogP contribution in [0.2, 0.25) is 0 Å². The van der Waals surface area contributed by atoms with Crippen molar-refractivity contribution in [2.24, 2.45) is 0 Å². The van der Waals surface area contributed by atoms with Crippen LogP contribution in [0.1, 0.15) is 41.0 Å². The van der Waals surface area contributed by atoms with Crippen LogP contribution in [0.15, 0.2) is 48.8 Å². The number of nitrogens with zero attached hydrogens (tertiary/aromatic N) is 2. The summed E-state index contributed by atoms with van der Waals surface area (Å²) in [7, 11) is 0. The van der Waals surface area contributed by atoms with Crippen molar-refractivity contribution >= 4 is 11.6 Å². The van der Waals surface area contributed by atoms with E-state index in [1.807, 2.05) is 61.8 Å². The number of carbonyl (C=O) groups is 1. The molecular formula is C20H22N2O3. The number of hydrogen-bond donors (Lipinski definition) is 0. The Labute approximate surface area is 147 Å². The molecule has 5 heteroatoms. The minimum Gasteiger partial charge on any atom is -0.456 e. The molecule has 0 aliphatic carbocycles. The van der Waals surface area contributed by atoms with Crippen molar-refractivity contribution in [3.05, 3.63) is 71.2 Å². The molecule has 0 aliphatic rings. The van der Waals surface area contributed by atoms with Crippen molar-refractivity contribution in [1.82, 2.24) is 9.38 Å². The Hall–Kier alpha value is -2.66. The van der Waals surface area contributed by atoms with E-state index in [0.29, 0.717) is 12.2 Å². The second-order valence-corrected chi connectivity index (χ2v) is 6.34. The van der Waals surface area contributed by atoms with E-state index in [4.69, 9.17) is 9.47 Å². The van der Waals surface area contributed by atoms with Gasteiger partial charge < -0.3 is 13.9 Å². The third-order valence-electron chi connectivity index (χ3n) is 3.77. The number of hydrogen-bond acceptors (Lipinski definition) is 4. The normalized spacial score (nSPS) is 11.2. The van der Waals surface area contributed by atoms with Crippen molar-refractivity contribution < 1.29 is 14.3 Å². The molecule has 3 rings (SSSR count). The van der Waals surface area contributed by atoms with E-state index in [9.17, 15) is 4.79 Å². The monoisotopic (exact) mass is 338 g/mol. The lowest BCUT2D eigenvalue weighted by Gasteiger charge is -2.08. The molecular weight excluding hydrogens is 316 g/mol. The maximum atomic E-state index is 12.2. The minimum absolute atomic E-state index is 0.151. The van der Waals surface area contributed by atoms with Gasteiger partial charge in [-0.1, -0.05) is 18.2 Å². The molecule has 0 saturated carbocycles. The maximum Gasteiger partial charge on any atom is 0.338 e. The fraction of sp³-hybridized carbons (Fsp3) is 0.300. The third-order valence-corrected chi connectivity index (χ3v) is 3.77. The number of imidazole rings is 1. The molecule has 0 amide bonds. The van der Waals surface area contributed by atoms with E-state index in [-0.39, 0.29) is 18.7 Å². The van der Waals surface area contributed by atoms with Crippen LogP contribution in [0.4, 0.5) is 0 Å². The average Bonchev–Trinajstić information content (AvgIpc) is 3.00. The van der Waals surface area contributed by atoms with Crippen LogP contribution in [0.5, 0.6) is 0 Å². The molecule has 0 fully saturated rings. The Kier molecular flexibility index (Phi) is 5.14. The molecule has 130 valence electrons. The van der Waals surface area contributed by atoms with Crippen molar-refractivity contribution in [3.63, 3.8) is 0 Å². The molecule has 0 aliphatic heterocycles. The molecule has 0 N–H and O–H groups in total. The lowest BCUT2D eigenvalue weighted by molar-refractivity contribution is 0.0467. The van der Waals surface area contributed by atoms with Crippen LogP contribution >= 0.6 is 0 Å². The number of esters is 1. The maximum absolute atomic E-state index is 12.2. The van der Waals surface area contributed by atoms with Crippen LogP contribution in [-0.4, -0.2) is 21.5 Å². The quantitative estimate of drug-likeness (QED) is 0.639. The largest absolute Gasteiger partial charge is 0.456 e. The van der Waals surface area contributed by atoms with Crippen LogP contribution in [-0.2, 0) is 22.7 Å². The lowest BCUT2D eigenvalue weighted by Crippen LogP contribution is -2.06. The van der Waals surface area contributed by atoms with E-state index < -0.39 is 0 Å². The third kappa shape index (κ3) is 4.45. The topological polar surface area (TPSA) is 52.8 Å². The van der Waals surface area contributed by atoms with Crippen LogP contribution < -0.4 is 0 Å². The fourth-order valence-corrected chi connectivity index (χ4v) is 2.45. The van der Waals surface area contributed by atoms with E-state index in [1.165, 1.54) is 0 Å². The molecule has 2 aromatic heterocycles. The van der Waals surface area contributed by atoms with Gasteiger partial charge in [0.1, 0.15) is 12.3 Å². The number of ether oxygens (including phenoxy) is 2. The van der Waals surface area contributed by atoms with Gasteiger partial charge in [-0.15, -0.1) is 0 Å². The molecule has 0 unspecified atom stereocenters. The predicted molar refractivity (Wildman–Crippen MR) is 95.4 cm³/mol. The van der Waals surface area contributed by atoms with Gasteiger partial charge in [0.2, 0.25) is 0 Å². The highest BCUT2D eigenvalue weighted by atomic mass is 16.5. The van der Waals surface area contributed by atoms with Crippen molar-refractivity contribution in [1.29, 1.82) is 0 Å². The van der Waals surface area contributed by atoms with Crippen molar-refractivity contribution in [3.8, 4) is 0 Å². The summed E-state index contributed by atoms with van der Waals surface area (Å²) in [6.45, 7) is 6.69. The Bertz CT molecular complexity index is 866. The number of benzene rings is 1. The zero-order chi connectivity index (χ0) is 17.8. The van der Waals surface area contributed by atoms with E-state index >= 15 is 0 Å². The summed E-state index contributed by atoms with van der Waals surface area (Å²) in [6, 6.07) is 11.2. The highest BCUT2D eigenvalue weighted by Crippen LogP contribution is 2.11. The summed E-state index contributed by atoms with van der Waals surface area (Å²) in [4.78, 5) is 16.6. The molecule has 2 heterocycles. The summed E-state index contributed by atoms with van der Waals surface area (Å²) in [6.07, 6.45) is 4.05. The van der Waals surface area contributed by atoms with Gasteiger partial charge >= 0.3 is 5.97 Å². The van der Waals surface area contributed by atoms with E-state index in [0.717, 1.165) is 22.5 Å². The first-order valence-electron chi connectivity index (χ1n) is 8.33. The molecule has 0 atom stereocenters. The molecule has 0 radical (unpaired) electrons. The molecule has 0 bridgehead atoms. The molecule has 1 aromatic carbocycles. The van der Waals surface area contributed by atoms with Gasteiger partial charge in [0.25, 0.3) is 0 Å². The van der Waals surface area contributed by atoms with Gasteiger partial charge in [-0.2, -0.15) is 0 Å². The van der Waals surface area contributed by atoms with Gasteiger partial charge in [0, 0.05) is 12.4 Å². The first kappa shape index (κ1) is 17.2. The molecule has 0 spiro atoms. The van der Waals surface area contributed by atoms with E-state index in [2.05, 4.69) is 4.98 Å². The number of carbonyl (C=O) groups excluding carboxylic acids is 1. The zero-order valence-corrected chi connectivity index (χ0v) is 14.7. The summed E-state index contributed by atoms with van der Waals surface area (Å²) < 4.78 is 12.8. The average molecular weight is 338 g/mol. The van der Waals surface area contributed by atoms with Gasteiger partial charge in [-0.05, 0) is 50.1 Å². The van der Waals surface area contributed by atoms with Crippen molar-refractivity contribution in [2.75, 3.05) is 0 Å². The Balaban J connectivity index is 1.59. The molecule has 0 saturated heterocycles. The number of aromatic nitrogens is 2. The van der Waals surface area contributed by atoms with Gasteiger partial charge in [0.15, 0.2) is 0 Å². The number of fused-ring (bicyclic) bond motifs is 1. The van der Waals surface area contributed by atoms with Gasteiger partial charge in [-0.25, -0.2) is 9.78 Å². The Morgan fingerprint density at radius 2 is 1.84 bits per heavy atom. The van der Waals surface area contributed by atoms with Gasteiger partial charge in [0.05, 0.1) is 24.0 Å². The molecule has 5 nitrogen and oxygen atoms in total. The second kappa shape index (κ2) is 7.49. The van der Waals surface area contributed by atoms with Crippen LogP contribution in [0.3, 0.4) is 0 Å². The summed E-state index contributed by atoms with van der Waals surface area (Å²) in [5, 5.41) is 0. The summed E-state index contributed by atoms with van der Waals surface area (Å²) in [5.74, 6) is -0.357. The van der Waals surface area contributed by atoms with Crippen molar-refractivity contribution in [2.45, 2.75) is 40.1 Å². The summed E-state index contributed by atoms with van der Waals surface area (Å²) >= 11 is 0. The highest BCUT2D eigenvalue weighted by molar-refractivity contribution is 5.89. The highest BCUT2D eigenvalue weighted by Gasteiger charge is 2.09. The summed E-state index contributed by atoms with van der Waals surface area (Å²) in [5.41, 5.74) is 4.26. The number of pyridine rings is 1. The van der Waals surface area contributed by atoms with Gasteiger partial charge in [-0.3, -0.25) is 0 Å². The Morgan fingerprint density at radius 1 is 1.08 bits per heavy atom. The number of aryl methyl sites for hydroxylation is 1. The lowest BCUT2D eigenvalue weighted by atomic mass is 10.1. The smallest absolute Gasteiger partial charge is 0.338 e. The van der Waals surface area contributed by atoms with E-state index in [1.54, 1.807) is 12.1 Å². The SMILES string of the molecule is Cc1ccc2nc(COC(=O)c3ccc(COC(C)C)cc3)cn2c1. The minimum atomic E-state index is -0.357. The molecule has 25 heavy (non-hydrogen) atoms.